The van der Waals surface area contributed by atoms with Gasteiger partial charge in [-0.15, -0.1) is 0 Å². The van der Waals surface area contributed by atoms with E-state index in [1.54, 1.807) is 13.1 Å². The van der Waals surface area contributed by atoms with Crippen LogP contribution in [0.5, 0.6) is 0 Å². The molecule has 1 rings (SSSR count). The van der Waals surface area contributed by atoms with Crippen molar-refractivity contribution in [1.29, 1.82) is 0 Å². The van der Waals surface area contributed by atoms with Crippen molar-refractivity contribution in [2.75, 3.05) is 0 Å². The van der Waals surface area contributed by atoms with Gasteiger partial charge in [-0.25, -0.2) is 4.98 Å². The molecule has 1 aromatic heterocycles. The van der Waals surface area contributed by atoms with Crippen molar-refractivity contribution in [2.45, 2.75) is 13.8 Å². The third kappa shape index (κ3) is 1.42. The van der Waals surface area contributed by atoms with Crippen LogP contribution in [-0.2, 0) is 7.05 Å². The summed E-state index contributed by atoms with van der Waals surface area (Å²) in [5.74, 6) is 1.13. The van der Waals surface area contributed by atoms with Crippen LogP contribution in [-0.4, -0.2) is 14.7 Å². The Kier molecular flexibility index (Phi) is 1.98. The van der Waals surface area contributed by atoms with Gasteiger partial charge in [-0.05, 0) is 13.8 Å². The number of imidazole rings is 1. The van der Waals surface area contributed by atoms with Gasteiger partial charge in [0.05, 0.1) is 5.76 Å². The molecule has 3 heteroatoms. The maximum absolute atomic E-state index is 9.14. The molecule has 0 saturated carbocycles. The van der Waals surface area contributed by atoms with Crippen molar-refractivity contribution in [3.05, 3.63) is 24.0 Å². The average Bonchev–Trinajstić information content (AvgIpc) is 2.33. The molecule has 0 unspecified atom stereocenters. The summed E-state index contributed by atoms with van der Waals surface area (Å²) in [6, 6.07) is 0. The predicted octanol–water partition coefficient (Wildman–Crippen LogP) is 1.73. The third-order valence-corrected chi connectivity index (χ3v) is 1.70. The Morgan fingerprint density at radius 1 is 1.55 bits per heavy atom. The molecule has 11 heavy (non-hydrogen) atoms. The lowest BCUT2D eigenvalue weighted by Gasteiger charge is -2.01. The second kappa shape index (κ2) is 2.78. The number of nitrogens with zero attached hydrogens (tertiary/aromatic N) is 2. The Bertz CT molecular complexity index is 282. The van der Waals surface area contributed by atoms with Crippen molar-refractivity contribution in [1.82, 2.24) is 9.55 Å². The monoisotopic (exact) mass is 152 g/mol. The minimum Gasteiger partial charge on any atom is -0.512 e. The zero-order valence-corrected chi connectivity index (χ0v) is 7.00. The summed E-state index contributed by atoms with van der Waals surface area (Å²) < 4.78 is 1.87. The van der Waals surface area contributed by atoms with Crippen LogP contribution in [0.1, 0.15) is 19.7 Å². The SMILES string of the molecule is C/C(O)=C(/C)c1nccn1C. The van der Waals surface area contributed by atoms with Crippen molar-refractivity contribution >= 4 is 5.57 Å². The van der Waals surface area contributed by atoms with Crippen molar-refractivity contribution in [3.8, 4) is 0 Å². The molecule has 1 aromatic rings. The van der Waals surface area contributed by atoms with Crippen LogP contribution in [0.3, 0.4) is 0 Å². The number of aryl methyl sites for hydroxylation is 1. The summed E-state index contributed by atoms with van der Waals surface area (Å²) in [6.07, 6.45) is 3.56. The van der Waals surface area contributed by atoms with E-state index in [9.17, 15) is 0 Å². The van der Waals surface area contributed by atoms with Gasteiger partial charge >= 0.3 is 0 Å². The molecule has 0 aliphatic heterocycles. The lowest BCUT2D eigenvalue weighted by Crippen LogP contribution is -1.95. The normalized spacial score (nSPS) is 13.0. The van der Waals surface area contributed by atoms with E-state index >= 15 is 0 Å². The molecule has 0 fully saturated rings. The molecule has 0 aliphatic carbocycles. The third-order valence-electron chi connectivity index (χ3n) is 1.70. The molecule has 0 bridgehead atoms. The number of aliphatic hydroxyl groups is 1. The Morgan fingerprint density at radius 3 is 2.55 bits per heavy atom. The van der Waals surface area contributed by atoms with Crippen LogP contribution in [0.25, 0.3) is 5.57 Å². The van der Waals surface area contributed by atoms with Crippen LogP contribution < -0.4 is 0 Å². The van der Waals surface area contributed by atoms with E-state index < -0.39 is 0 Å². The Morgan fingerprint density at radius 2 is 2.18 bits per heavy atom. The van der Waals surface area contributed by atoms with Gasteiger partial charge in [0, 0.05) is 25.0 Å². The fourth-order valence-electron chi connectivity index (χ4n) is 0.889. The van der Waals surface area contributed by atoms with Gasteiger partial charge < -0.3 is 9.67 Å². The van der Waals surface area contributed by atoms with E-state index in [0.717, 1.165) is 11.4 Å². The zero-order valence-electron chi connectivity index (χ0n) is 7.00. The first-order valence-corrected chi connectivity index (χ1v) is 3.47. The van der Waals surface area contributed by atoms with Crippen LogP contribution in [0.2, 0.25) is 0 Å². The van der Waals surface area contributed by atoms with Crippen molar-refractivity contribution < 1.29 is 5.11 Å². The molecule has 60 valence electrons. The second-order valence-electron chi connectivity index (χ2n) is 2.57. The highest BCUT2D eigenvalue weighted by molar-refractivity contribution is 5.59. The lowest BCUT2D eigenvalue weighted by atomic mass is 10.2. The largest absolute Gasteiger partial charge is 0.512 e. The Hall–Kier alpha value is -1.25. The summed E-state index contributed by atoms with van der Waals surface area (Å²) in [6.45, 7) is 3.50. The molecule has 0 aliphatic rings. The van der Waals surface area contributed by atoms with Crippen LogP contribution >= 0.6 is 0 Å². The molecule has 3 nitrogen and oxygen atoms in total. The van der Waals surface area contributed by atoms with Gasteiger partial charge in [0.2, 0.25) is 0 Å². The smallest absolute Gasteiger partial charge is 0.138 e. The fraction of sp³-hybridized carbons (Fsp3) is 0.375. The molecule has 0 radical (unpaired) electrons. The summed E-state index contributed by atoms with van der Waals surface area (Å²) >= 11 is 0. The van der Waals surface area contributed by atoms with Gasteiger partial charge in [0.15, 0.2) is 0 Å². The topological polar surface area (TPSA) is 38.1 Å². The summed E-state index contributed by atoms with van der Waals surface area (Å²) in [5, 5.41) is 9.14. The quantitative estimate of drug-likeness (QED) is 0.622. The highest BCUT2D eigenvalue weighted by Gasteiger charge is 2.03. The number of aliphatic hydroxyl groups excluding tert-OH is 1. The number of hydrogen-bond acceptors (Lipinski definition) is 2. The summed E-state index contributed by atoms with van der Waals surface area (Å²) in [7, 11) is 1.90. The van der Waals surface area contributed by atoms with Gasteiger partial charge in [-0.2, -0.15) is 0 Å². The van der Waals surface area contributed by atoms with E-state index in [4.69, 9.17) is 5.11 Å². The zero-order chi connectivity index (χ0) is 8.43. The number of hydrogen-bond donors (Lipinski definition) is 1. The van der Waals surface area contributed by atoms with E-state index in [2.05, 4.69) is 4.98 Å². The molecule has 1 N–H and O–H groups in total. The molecule has 0 saturated heterocycles. The van der Waals surface area contributed by atoms with E-state index in [1.165, 1.54) is 0 Å². The molecule has 0 spiro atoms. The van der Waals surface area contributed by atoms with Gasteiger partial charge in [0.25, 0.3) is 0 Å². The minimum absolute atomic E-state index is 0.319. The maximum atomic E-state index is 9.14. The highest BCUT2D eigenvalue weighted by atomic mass is 16.3. The van der Waals surface area contributed by atoms with Crippen LogP contribution in [0.4, 0.5) is 0 Å². The molecule has 0 atom stereocenters. The molecule has 0 amide bonds. The van der Waals surface area contributed by atoms with Crippen molar-refractivity contribution in [2.24, 2.45) is 7.05 Å². The van der Waals surface area contributed by atoms with Crippen LogP contribution in [0.15, 0.2) is 18.2 Å². The number of allylic oxidation sites excluding steroid dienone is 2. The molecular weight excluding hydrogens is 140 g/mol. The maximum Gasteiger partial charge on any atom is 0.138 e. The summed E-state index contributed by atoms with van der Waals surface area (Å²) in [5.41, 5.74) is 0.817. The first-order chi connectivity index (χ1) is 5.13. The molecule has 1 heterocycles. The van der Waals surface area contributed by atoms with Gasteiger partial charge in [-0.1, -0.05) is 0 Å². The minimum atomic E-state index is 0.319. The number of aromatic nitrogens is 2. The Labute approximate surface area is 66.0 Å². The van der Waals surface area contributed by atoms with Gasteiger partial charge in [-0.3, -0.25) is 0 Å². The number of rotatable bonds is 1. The first kappa shape index (κ1) is 7.85. The lowest BCUT2D eigenvalue weighted by molar-refractivity contribution is 0.416. The first-order valence-electron chi connectivity index (χ1n) is 3.47. The molecule has 0 aromatic carbocycles. The van der Waals surface area contributed by atoms with E-state index in [1.807, 2.05) is 24.7 Å². The molecular formula is C8H12N2O. The second-order valence-corrected chi connectivity index (χ2v) is 2.57. The average molecular weight is 152 g/mol. The fourth-order valence-corrected chi connectivity index (χ4v) is 0.889. The van der Waals surface area contributed by atoms with E-state index in [-0.39, 0.29) is 0 Å². The predicted molar refractivity (Wildman–Crippen MR) is 44.1 cm³/mol. The van der Waals surface area contributed by atoms with Crippen molar-refractivity contribution in [3.63, 3.8) is 0 Å². The van der Waals surface area contributed by atoms with Crippen LogP contribution in [0, 0.1) is 0 Å². The highest BCUT2D eigenvalue weighted by Crippen LogP contribution is 2.12. The van der Waals surface area contributed by atoms with Gasteiger partial charge in [0.1, 0.15) is 5.82 Å². The standard InChI is InChI=1S/C8H12N2O/c1-6(7(2)11)8-9-4-5-10(8)3/h4-5,11H,1-3H3/b7-6+. The summed E-state index contributed by atoms with van der Waals surface area (Å²) in [4.78, 5) is 4.08. The van der Waals surface area contributed by atoms with E-state index in [0.29, 0.717) is 5.76 Å². The Balaban J connectivity index is 3.12.